The van der Waals surface area contributed by atoms with Gasteiger partial charge >= 0.3 is 0 Å². The molecule has 0 saturated carbocycles. The number of benzene rings is 1. The van der Waals surface area contributed by atoms with Crippen LogP contribution in [-0.2, 0) is 7.05 Å². The van der Waals surface area contributed by atoms with Gasteiger partial charge in [0.2, 0.25) is 0 Å². The lowest BCUT2D eigenvalue weighted by Crippen LogP contribution is -2.25. The van der Waals surface area contributed by atoms with Crippen LogP contribution in [0.3, 0.4) is 0 Å². The molecule has 6 heteroatoms. The van der Waals surface area contributed by atoms with Crippen LogP contribution in [0.15, 0.2) is 24.4 Å². The second-order valence-corrected chi connectivity index (χ2v) is 4.98. The van der Waals surface area contributed by atoms with Gasteiger partial charge in [-0.2, -0.15) is 5.10 Å². The number of methoxy groups -OCH3 is 2. The fraction of sp³-hybridized carbons (Fsp3) is 0.400. The number of nitrogens with zero attached hydrogens (tertiary/aromatic N) is 2. The quantitative estimate of drug-likeness (QED) is 0.891. The van der Waals surface area contributed by atoms with Gasteiger partial charge in [0.25, 0.3) is 0 Å². The van der Waals surface area contributed by atoms with Gasteiger partial charge in [-0.3, -0.25) is 4.68 Å². The number of rotatable bonds is 6. The van der Waals surface area contributed by atoms with Crippen LogP contribution in [0.1, 0.15) is 24.2 Å². The standard InChI is InChI=1S/C15H20ClN3O2/c1-5-17-13(14-11(16)9-18-19(14)2)10-7-6-8-12(20-3)15(10)21-4/h6-9,13,17H,5H2,1-4H3. The average Bonchev–Trinajstić information content (AvgIpc) is 2.83. The first-order chi connectivity index (χ1) is 10.1. The van der Waals surface area contributed by atoms with Gasteiger partial charge < -0.3 is 14.8 Å². The smallest absolute Gasteiger partial charge is 0.165 e. The van der Waals surface area contributed by atoms with Gasteiger partial charge in [0.15, 0.2) is 11.5 Å². The Kier molecular flexibility index (Phi) is 5.09. The lowest BCUT2D eigenvalue weighted by molar-refractivity contribution is 0.348. The van der Waals surface area contributed by atoms with Gasteiger partial charge in [-0.15, -0.1) is 0 Å². The number of ether oxygens (including phenoxy) is 2. The average molecular weight is 310 g/mol. The molecular weight excluding hydrogens is 290 g/mol. The van der Waals surface area contributed by atoms with E-state index in [4.69, 9.17) is 21.1 Å². The first-order valence-corrected chi connectivity index (χ1v) is 7.13. The molecule has 0 aliphatic carbocycles. The molecule has 0 aliphatic heterocycles. The van der Waals surface area contributed by atoms with Crippen LogP contribution < -0.4 is 14.8 Å². The van der Waals surface area contributed by atoms with Crippen LogP contribution in [0.2, 0.25) is 5.02 Å². The van der Waals surface area contributed by atoms with E-state index in [0.717, 1.165) is 17.8 Å². The first kappa shape index (κ1) is 15.7. The molecule has 1 unspecified atom stereocenters. The Morgan fingerprint density at radius 3 is 2.62 bits per heavy atom. The Morgan fingerprint density at radius 2 is 2.10 bits per heavy atom. The molecule has 2 rings (SSSR count). The highest BCUT2D eigenvalue weighted by Gasteiger charge is 2.24. The second-order valence-electron chi connectivity index (χ2n) is 4.57. The van der Waals surface area contributed by atoms with Gasteiger partial charge in [0.1, 0.15) is 0 Å². The van der Waals surface area contributed by atoms with Gasteiger partial charge in [0.05, 0.1) is 37.2 Å². The highest BCUT2D eigenvalue weighted by molar-refractivity contribution is 6.31. The molecule has 1 N–H and O–H groups in total. The maximum absolute atomic E-state index is 6.30. The van der Waals surface area contributed by atoms with Crippen LogP contribution in [0.25, 0.3) is 0 Å². The van der Waals surface area contributed by atoms with Crippen molar-refractivity contribution < 1.29 is 9.47 Å². The number of hydrogen-bond donors (Lipinski definition) is 1. The Morgan fingerprint density at radius 1 is 1.33 bits per heavy atom. The lowest BCUT2D eigenvalue weighted by Gasteiger charge is -2.22. The van der Waals surface area contributed by atoms with Crippen LogP contribution in [0.5, 0.6) is 11.5 Å². The maximum atomic E-state index is 6.30. The van der Waals surface area contributed by atoms with Gasteiger partial charge in [-0.1, -0.05) is 30.7 Å². The van der Waals surface area contributed by atoms with E-state index in [1.165, 1.54) is 0 Å². The van der Waals surface area contributed by atoms with E-state index in [1.54, 1.807) is 25.1 Å². The van der Waals surface area contributed by atoms with Crippen molar-refractivity contribution in [1.29, 1.82) is 0 Å². The van der Waals surface area contributed by atoms with Crippen LogP contribution in [-0.4, -0.2) is 30.5 Å². The summed E-state index contributed by atoms with van der Waals surface area (Å²) >= 11 is 6.30. The normalized spacial score (nSPS) is 12.2. The Bertz CT molecular complexity index is 593. The van der Waals surface area contributed by atoms with E-state index in [1.807, 2.05) is 32.2 Å². The monoisotopic (exact) mass is 309 g/mol. The number of para-hydroxylation sites is 1. The van der Waals surface area contributed by atoms with E-state index in [-0.39, 0.29) is 6.04 Å². The molecule has 0 amide bonds. The van der Waals surface area contributed by atoms with Gasteiger partial charge in [-0.05, 0) is 12.6 Å². The van der Waals surface area contributed by atoms with Crippen molar-refractivity contribution in [2.24, 2.45) is 7.05 Å². The largest absolute Gasteiger partial charge is 0.493 e. The van der Waals surface area contributed by atoms with Crippen LogP contribution in [0.4, 0.5) is 0 Å². The minimum absolute atomic E-state index is 0.125. The fourth-order valence-electron chi connectivity index (χ4n) is 2.44. The summed E-state index contributed by atoms with van der Waals surface area (Å²) in [6.45, 7) is 2.83. The number of nitrogens with one attached hydrogen (secondary N) is 1. The van der Waals surface area contributed by atoms with Crippen molar-refractivity contribution in [3.8, 4) is 11.5 Å². The number of hydrogen-bond acceptors (Lipinski definition) is 4. The van der Waals surface area contributed by atoms with Crippen molar-refractivity contribution >= 4 is 11.6 Å². The molecular formula is C15H20ClN3O2. The minimum atomic E-state index is -0.125. The summed E-state index contributed by atoms with van der Waals surface area (Å²) in [5.74, 6) is 1.39. The van der Waals surface area contributed by atoms with E-state index < -0.39 is 0 Å². The summed E-state index contributed by atoms with van der Waals surface area (Å²) in [6.07, 6.45) is 1.65. The molecule has 1 aromatic carbocycles. The first-order valence-electron chi connectivity index (χ1n) is 6.75. The number of halogens is 1. The predicted molar refractivity (Wildman–Crippen MR) is 83.3 cm³/mol. The Balaban J connectivity index is 2.58. The molecule has 0 spiro atoms. The summed E-state index contributed by atoms with van der Waals surface area (Å²) in [4.78, 5) is 0. The zero-order valence-electron chi connectivity index (χ0n) is 12.7. The van der Waals surface area contributed by atoms with E-state index in [2.05, 4.69) is 10.4 Å². The topological polar surface area (TPSA) is 48.3 Å². The highest BCUT2D eigenvalue weighted by atomic mass is 35.5. The summed E-state index contributed by atoms with van der Waals surface area (Å²) in [5.41, 5.74) is 1.86. The maximum Gasteiger partial charge on any atom is 0.165 e. The summed E-state index contributed by atoms with van der Waals surface area (Å²) < 4.78 is 12.7. The summed E-state index contributed by atoms with van der Waals surface area (Å²) in [6, 6.07) is 5.68. The zero-order valence-corrected chi connectivity index (χ0v) is 13.4. The molecule has 0 bridgehead atoms. The van der Waals surface area contributed by atoms with E-state index >= 15 is 0 Å². The van der Waals surface area contributed by atoms with Crippen molar-refractivity contribution in [3.05, 3.63) is 40.7 Å². The lowest BCUT2D eigenvalue weighted by atomic mass is 10.0. The van der Waals surface area contributed by atoms with Gasteiger partial charge in [0, 0.05) is 12.6 Å². The molecule has 0 saturated heterocycles. The molecule has 1 aromatic heterocycles. The molecule has 2 aromatic rings. The predicted octanol–water partition coefficient (Wildman–Crippen LogP) is 2.79. The molecule has 1 heterocycles. The summed E-state index contributed by atoms with van der Waals surface area (Å²) in [7, 11) is 5.13. The second kappa shape index (κ2) is 6.83. The molecule has 0 radical (unpaired) electrons. The number of aryl methyl sites for hydroxylation is 1. The van der Waals surface area contributed by atoms with E-state index in [0.29, 0.717) is 16.5 Å². The molecule has 0 fully saturated rings. The van der Waals surface area contributed by atoms with Crippen LogP contribution in [0, 0.1) is 0 Å². The fourth-order valence-corrected chi connectivity index (χ4v) is 2.72. The minimum Gasteiger partial charge on any atom is -0.493 e. The van der Waals surface area contributed by atoms with Crippen molar-refractivity contribution in [3.63, 3.8) is 0 Å². The SMILES string of the molecule is CCNC(c1cccc(OC)c1OC)c1c(Cl)cnn1C. The zero-order chi connectivity index (χ0) is 15.4. The third kappa shape index (κ3) is 2.99. The highest BCUT2D eigenvalue weighted by Crippen LogP contribution is 2.38. The summed E-state index contributed by atoms with van der Waals surface area (Å²) in [5, 5.41) is 8.26. The van der Waals surface area contributed by atoms with Crippen LogP contribution >= 0.6 is 11.6 Å². The molecule has 21 heavy (non-hydrogen) atoms. The van der Waals surface area contributed by atoms with Gasteiger partial charge in [-0.25, -0.2) is 0 Å². The van der Waals surface area contributed by atoms with E-state index in [9.17, 15) is 0 Å². The van der Waals surface area contributed by atoms with Crippen molar-refractivity contribution in [2.45, 2.75) is 13.0 Å². The number of aromatic nitrogens is 2. The van der Waals surface area contributed by atoms with Crippen molar-refractivity contribution in [1.82, 2.24) is 15.1 Å². The molecule has 114 valence electrons. The van der Waals surface area contributed by atoms with Crippen molar-refractivity contribution in [2.75, 3.05) is 20.8 Å². The Labute approximate surface area is 129 Å². The Hall–Kier alpha value is -1.72. The molecule has 1 atom stereocenters. The molecule has 5 nitrogen and oxygen atoms in total. The third-order valence-corrected chi connectivity index (χ3v) is 3.65. The molecule has 0 aliphatic rings. The third-order valence-electron chi connectivity index (χ3n) is 3.36.